The molecule has 3 fully saturated rings. The molecule has 2 heterocycles. The van der Waals surface area contributed by atoms with E-state index in [1.807, 2.05) is 0 Å². The lowest BCUT2D eigenvalue weighted by molar-refractivity contribution is -0.140. The molecule has 1 saturated carbocycles. The second-order valence-electron chi connectivity index (χ2n) is 7.52. The summed E-state index contributed by atoms with van der Waals surface area (Å²) in [7, 11) is 0. The largest absolute Gasteiger partial charge is 0.394 e. The number of hydrogen-bond acceptors (Lipinski definition) is 3. The van der Waals surface area contributed by atoms with Crippen molar-refractivity contribution in [1.29, 1.82) is 0 Å². The van der Waals surface area contributed by atoms with E-state index in [4.69, 9.17) is 23.2 Å². The Morgan fingerprint density at radius 1 is 1.15 bits per heavy atom. The topological polar surface area (TPSA) is 60.9 Å². The summed E-state index contributed by atoms with van der Waals surface area (Å²) >= 11 is 12.0. The Morgan fingerprint density at radius 2 is 1.96 bits per heavy atom. The number of aliphatic hydroxyl groups excluding tert-OH is 1. The van der Waals surface area contributed by atoms with Crippen LogP contribution in [0.5, 0.6) is 0 Å². The highest BCUT2D eigenvalue weighted by atomic mass is 35.5. The van der Waals surface area contributed by atoms with Gasteiger partial charge in [0, 0.05) is 18.2 Å². The van der Waals surface area contributed by atoms with Gasteiger partial charge < -0.3 is 14.9 Å². The number of benzene rings is 1. The molecular formula is C19H22Cl2N2O3. The Balaban J connectivity index is 1.57. The lowest BCUT2D eigenvalue weighted by Gasteiger charge is -2.38. The number of halogens is 2. The van der Waals surface area contributed by atoms with Gasteiger partial charge in [-0.05, 0) is 56.2 Å². The van der Waals surface area contributed by atoms with E-state index < -0.39 is 6.04 Å². The van der Waals surface area contributed by atoms with Gasteiger partial charge in [-0.1, -0.05) is 23.2 Å². The van der Waals surface area contributed by atoms with Crippen molar-refractivity contribution in [3.63, 3.8) is 0 Å². The van der Waals surface area contributed by atoms with Crippen molar-refractivity contribution in [2.45, 2.75) is 50.2 Å². The summed E-state index contributed by atoms with van der Waals surface area (Å²) in [5, 5.41) is 10.4. The highest BCUT2D eigenvalue weighted by molar-refractivity contribution is 6.42. The molecule has 4 rings (SSSR count). The number of likely N-dealkylation sites (tertiary alicyclic amines) is 2. The van der Waals surface area contributed by atoms with E-state index in [1.54, 1.807) is 28.0 Å². The highest BCUT2D eigenvalue weighted by Crippen LogP contribution is 2.49. The summed E-state index contributed by atoms with van der Waals surface area (Å²) in [6.07, 6.45) is 4.47. The van der Waals surface area contributed by atoms with Gasteiger partial charge in [0.05, 0.1) is 22.7 Å². The van der Waals surface area contributed by atoms with E-state index in [0.717, 1.165) is 25.7 Å². The lowest BCUT2D eigenvalue weighted by atomic mass is 10.00. The normalized spacial score (nSPS) is 30.3. The number of carbonyl (C=O) groups is 2. The van der Waals surface area contributed by atoms with Crippen molar-refractivity contribution in [2.24, 2.45) is 5.92 Å². The van der Waals surface area contributed by atoms with Gasteiger partial charge in [0.15, 0.2) is 0 Å². The fraction of sp³-hybridized carbons (Fsp3) is 0.579. The summed E-state index contributed by atoms with van der Waals surface area (Å²) in [6, 6.07) is 4.42. The third kappa shape index (κ3) is 3.10. The molecule has 1 aliphatic carbocycles. The van der Waals surface area contributed by atoms with Crippen LogP contribution < -0.4 is 0 Å². The second kappa shape index (κ2) is 7.02. The molecule has 1 aromatic carbocycles. The van der Waals surface area contributed by atoms with Crippen LogP contribution in [-0.2, 0) is 4.79 Å². The van der Waals surface area contributed by atoms with Crippen LogP contribution in [0.3, 0.4) is 0 Å². The van der Waals surface area contributed by atoms with Gasteiger partial charge in [-0.2, -0.15) is 0 Å². The number of rotatable bonds is 3. The Hall–Kier alpha value is -1.30. The van der Waals surface area contributed by atoms with Crippen LogP contribution in [0.4, 0.5) is 0 Å². The molecule has 140 valence electrons. The van der Waals surface area contributed by atoms with Gasteiger partial charge in [-0.3, -0.25) is 9.59 Å². The van der Waals surface area contributed by atoms with Crippen LogP contribution in [0.25, 0.3) is 0 Å². The Bertz CT molecular complexity index is 741. The van der Waals surface area contributed by atoms with Crippen LogP contribution in [0.1, 0.15) is 42.5 Å². The summed E-state index contributed by atoms with van der Waals surface area (Å²) in [6.45, 7) is 0.636. The molecular weight excluding hydrogens is 375 g/mol. The van der Waals surface area contributed by atoms with Gasteiger partial charge in [0.2, 0.25) is 5.91 Å². The van der Waals surface area contributed by atoms with Gasteiger partial charge in [0.1, 0.15) is 6.04 Å². The zero-order valence-corrected chi connectivity index (χ0v) is 15.9. The van der Waals surface area contributed by atoms with Crippen LogP contribution in [0.2, 0.25) is 10.0 Å². The number of amides is 2. The molecule has 0 bridgehead atoms. The van der Waals surface area contributed by atoms with Gasteiger partial charge >= 0.3 is 0 Å². The van der Waals surface area contributed by atoms with E-state index in [1.165, 1.54) is 0 Å². The fourth-order valence-corrected chi connectivity index (χ4v) is 4.72. The van der Waals surface area contributed by atoms with Crippen LogP contribution >= 0.6 is 23.2 Å². The average Bonchev–Trinajstić information content (AvgIpc) is 3.32. The van der Waals surface area contributed by atoms with Crippen molar-refractivity contribution < 1.29 is 14.7 Å². The van der Waals surface area contributed by atoms with E-state index in [9.17, 15) is 14.7 Å². The monoisotopic (exact) mass is 396 g/mol. The van der Waals surface area contributed by atoms with Crippen molar-refractivity contribution >= 4 is 35.0 Å². The third-order valence-electron chi connectivity index (χ3n) is 5.91. The molecule has 5 nitrogen and oxygen atoms in total. The molecule has 1 N–H and O–H groups in total. The van der Waals surface area contributed by atoms with E-state index in [-0.39, 0.29) is 30.5 Å². The molecule has 0 unspecified atom stereocenters. The molecule has 0 aromatic heterocycles. The Morgan fingerprint density at radius 3 is 2.69 bits per heavy atom. The fourth-order valence-electron chi connectivity index (χ4n) is 4.42. The predicted octanol–water partition coefficient (Wildman–Crippen LogP) is 2.97. The molecule has 0 radical (unpaired) electrons. The maximum Gasteiger partial charge on any atom is 0.254 e. The lowest BCUT2D eigenvalue weighted by Crippen LogP contribution is -2.54. The Labute approximate surface area is 162 Å². The zero-order chi connectivity index (χ0) is 18.4. The van der Waals surface area contributed by atoms with E-state index in [2.05, 4.69) is 0 Å². The maximum absolute atomic E-state index is 13.2. The van der Waals surface area contributed by atoms with Crippen LogP contribution in [0.15, 0.2) is 18.2 Å². The highest BCUT2D eigenvalue weighted by Gasteiger charge is 2.57. The van der Waals surface area contributed by atoms with Crippen LogP contribution in [0, 0.1) is 5.92 Å². The van der Waals surface area contributed by atoms with Gasteiger partial charge in [-0.25, -0.2) is 0 Å². The maximum atomic E-state index is 13.2. The molecule has 2 saturated heterocycles. The van der Waals surface area contributed by atoms with Crippen molar-refractivity contribution in [1.82, 2.24) is 9.80 Å². The van der Waals surface area contributed by atoms with Gasteiger partial charge in [-0.15, -0.1) is 0 Å². The van der Waals surface area contributed by atoms with E-state index >= 15 is 0 Å². The average molecular weight is 397 g/mol. The van der Waals surface area contributed by atoms with Crippen molar-refractivity contribution in [3.8, 4) is 0 Å². The first-order valence-electron chi connectivity index (χ1n) is 9.20. The third-order valence-corrected chi connectivity index (χ3v) is 6.65. The number of nitrogens with zero attached hydrogens (tertiary/aromatic N) is 2. The predicted molar refractivity (Wildman–Crippen MR) is 99.4 cm³/mol. The molecule has 2 aliphatic heterocycles. The van der Waals surface area contributed by atoms with Gasteiger partial charge in [0.25, 0.3) is 5.91 Å². The summed E-state index contributed by atoms with van der Waals surface area (Å²) < 4.78 is 0. The molecule has 26 heavy (non-hydrogen) atoms. The number of hydrogen-bond donors (Lipinski definition) is 1. The zero-order valence-electron chi connectivity index (χ0n) is 14.4. The smallest absolute Gasteiger partial charge is 0.254 e. The molecule has 0 spiro atoms. The Kier molecular flexibility index (Phi) is 4.88. The quantitative estimate of drug-likeness (QED) is 0.853. The first kappa shape index (κ1) is 18.1. The minimum absolute atomic E-state index is 0.0218. The standard InChI is InChI=1S/C19H22Cl2N2O3/c20-14-5-4-11(7-15(14)21)18(25)23-16-8-12(16)9-17(23)19(26)22-6-2-1-3-13(22)10-24/h4-5,7,12-13,16-17,24H,1-3,6,8-10H2/t12-,13-,16-,17-/m0/s1. The first-order valence-corrected chi connectivity index (χ1v) is 9.96. The SMILES string of the molecule is O=C([C@@H]1C[C@@H]2C[C@@H]2N1C(=O)c1ccc(Cl)c(Cl)c1)N1CCCC[C@H]1CO. The molecule has 7 heteroatoms. The number of fused-ring (bicyclic) bond motifs is 1. The number of aliphatic hydroxyl groups is 1. The first-order chi connectivity index (χ1) is 12.5. The molecule has 3 aliphatic rings. The van der Waals surface area contributed by atoms with Crippen molar-refractivity contribution in [2.75, 3.05) is 13.2 Å². The molecule has 2 amide bonds. The van der Waals surface area contributed by atoms with Crippen LogP contribution in [-0.4, -0.2) is 58.0 Å². The summed E-state index contributed by atoms with van der Waals surface area (Å²) in [4.78, 5) is 29.8. The molecule has 1 aromatic rings. The molecule has 4 atom stereocenters. The second-order valence-corrected chi connectivity index (χ2v) is 8.33. The summed E-state index contributed by atoms with van der Waals surface area (Å²) in [5.41, 5.74) is 0.460. The number of piperidine rings is 2. The van der Waals surface area contributed by atoms with E-state index in [0.29, 0.717) is 34.5 Å². The minimum Gasteiger partial charge on any atom is -0.394 e. The van der Waals surface area contributed by atoms with Crippen molar-refractivity contribution in [3.05, 3.63) is 33.8 Å². The summed E-state index contributed by atoms with van der Waals surface area (Å²) in [5.74, 6) is 0.224. The minimum atomic E-state index is -0.437. The number of carbonyl (C=O) groups excluding carboxylic acids is 2.